The smallest absolute Gasteiger partial charge is 0.221 e. The highest BCUT2D eigenvalue weighted by atomic mass is 16.3. The van der Waals surface area contributed by atoms with Crippen LogP contribution in [-0.4, -0.2) is 35.7 Å². The van der Waals surface area contributed by atoms with Gasteiger partial charge in [0.15, 0.2) is 0 Å². The molecule has 2 saturated carbocycles. The monoisotopic (exact) mass is 226 g/mol. The van der Waals surface area contributed by atoms with Crippen molar-refractivity contribution in [3.63, 3.8) is 0 Å². The molecule has 2 aliphatic carbocycles. The van der Waals surface area contributed by atoms with Crippen molar-refractivity contribution in [2.45, 2.75) is 56.6 Å². The molecular formula is C12H22N2O2. The molecule has 0 aromatic heterocycles. The summed E-state index contributed by atoms with van der Waals surface area (Å²) in [5, 5.41) is 16.2. The van der Waals surface area contributed by atoms with E-state index in [1.807, 2.05) is 0 Å². The first-order valence-electron chi connectivity index (χ1n) is 6.40. The van der Waals surface area contributed by atoms with Crippen molar-refractivity contribution < 1.29 is 9.90 Å². The molecular weight excluding hydrogens is 204 g/mol. The zero-order valence-electron chi connectivity index (χ0n) is 9.80. The molecule has 0 heterocycles. The lowest BCUT2D eigenvalue weighted by Crippen LogP contribution is -2.41. The zero-order valence-corrected chi connectivity index (χ0v) is 9.80. The average molecular weight is 226 g/mol. The van der Waals surface area contributed by atoms with E-state index in [1.54, 1.807) is 0 Å². The maximum Gasteiger partial charge on any atom is 0.221 e. The van der Waals surface area contributed by atoms with Gasteiger partial charge in [-0.1, -0.05) is 12.8 Å². The Balaban J connectivity index is 1.55. The summed E-state index contributed by atoms with van der Waals surface area (Å²) in [4.78, 5) is 11.5. The van der Waals surface area contributed by atoms with Crippen LogP contribution in [0.25, 0.3) is 0 Å². The fraction of sp³-hybridized carbons (Fsp3) is 0.917. The normalized spacial score (nSPS) is 23.3. The van der Waals surface area contributed by atoms with Gasteiger partial charge in [-0.2, -0.15) is 0 Å². The third kappa shape index (κ3) is 3.76. The summed E-state index contributed by atoms with van der Waals surface area (Å²) in [6, 6.07) is 0.659. The van der Waals surface area contributed by atoms with Crippen molar-refractivity contribution >= 4 is 5.91 Å². The molecule has 0 aromatic rings. The van der Waals surface area contributed by atoms with Crippen LogP contribution >= 0.6 is 0 Å². The van der Waals surface area contributed by atoms with E-state index in [2.05, 4.69) is 10.6 Å². The van der Waals surface area contributed by atoms with Gasteiger partial charge in [0.1, 0.15) is 0 Å². The lowest BCUT2D eigenvalue weighted by Gasteiger charge is -2.22. The summed E-state index contributed by atoms with van der Waals surface area (Å²) < 4.78 is 0. The number of rotatable bonds is 6. The fourth-order valence-corrected chi connectivity index (χ4v) is 2.24. The van der Waals surface area contributed by atoms with E-state index < -0.39 is 5.60 Å². The van der Waals surface area contributed by atoms with Gasteiger partial charge in [0.2, 0.25) is 5.91 Å². The fourth-order valence-electron chi connectivity index (χ4n) is 2.24. The molecule has 4 heteroatoms. The standard InChI is InChI=1S/C12H22N2O2/c15-11(5-8-13-10-3-4-10)14-9-12(16)6-1-2-7-12/h10,13,16H,1-9H2,(H,14,15). The summed E-state index contributed by atoms with van der Waals surface area (Å²) in [7, 11) is 0. The van der Waals surface area contributed by atoms with E-state index in [4.69, 9.17) is 0 Å². The Morgan fingerprint density at radius 2 is 2.00 bits per heavy atom. The Labute approximate surface area is 96.8 Å². The second kappa shape index (κ2) is 5.15. The molecule has 1 amide bonds. The molecule has 4 nitrogen and oxygen atoms in total. The third-order valence-corrected chi connectivity index (χ3v) is 3.51. The van der Waals surface area contributed by atoms with E-state index >= 15 is 0 Å². The molecule has 0 spiro atoms. The number of carbonyl (C=O) groups excluding carboxylic acids is 1. The van der Waals surface area contributed by atoms with Gasteiger partial charge in [-0.15, -0.1) is 0 Å². The molecule has 2 aliphatic rings. The quantitative estimate of drug-likeness (QED) is 0.620. The van der Waals surface area contributed by atoms with Crippen LogP contribution in [0.1, 0.15) is 44.9 Å². The van der Waals surface area contributed by atoms with Crippen LogP contribution < -0.4 is 10.6 Å². The molecule has 2 fully saturated rings. The van der Waals surface area contributed by atoms with Crippen molar-refractivity contribution in [2.75, 3.05) is 13.1 Å². The van der Waals surface area contributed by atoms with Gasteiger partial charge in [-0.25, -0.2) is 0 Å². The lowest BCUT2D eigenvalue weighted by atomic mass is 10.0. The Bertz CT molecular complexity index is 245. The Morgan fingerprint density at radius 1 is 1.31 bits per heavy atom. The molecule has 92 valence electrons. The molecule has 0 unspecified atom stereocenters. The summed E-state index contributed by atoms with van der Waals surface area (Å²) >= 11 is 0. The third-order valence-electron chi connectivity index (χ3n) is 3.51. The molecule has 0 radical (unpaired) electrons. The molecule has 0 aromatic carbocycles. The number of amides is 1. The zero-order chi connectivity index (χ0) is 11.4. The van der Waals surface area contributed by atoms with E-state index in [-0.39, 0.29) is 5.91 Å². The van der Waals surface area contributed by atoms with Crippen LogP contribution in [0.4, 0.5) is 0 Å². The summed E-state index contributed by atoms with van der Waals surface area (Å²) in [6.45, 7) is 1.18. The Morgan fingerprint density at radius 3 is 2.62 bits per heavy atom. The second-order valence-electron chi connectivity index (χ2n) is 5.19. The SMILES string of the molecule is O=C(CCNC1CC1)NCC1(O)CCCC1. The van der Waals surface area contributed by atoms with Crippen LogP contribution in [0.3, 0.4) is 0 Å². The van der Waals surface area contributed by atoms with Gasteiger partial charge in [-0.3, -0.25) is 4.79 Å². The van der Waals surface area contributed by atoms with Crippen molar-refractivity contribution in [3.05, 3.63) is 0 Å². The first-order valence-corrected chi connectivity index (χ1v) is 6.40. The lowest BCUT2D eigenvalue weighted by molar-refractivity contribution is -0.122. The summed E-state index contributed by atoms with van der Waals surface area (Å²) in [6.07, 6.45) is 6.84. The first-order chi connectivity index (χ1) is 7.68. The van der Waals surface area contributed by atoms with Crippen molar-refractivity contribution in [1.29, 1.82) is 0 Å². The molecule has 0 bridgehead atoms. The maximum atomic E-state index is 11.5. The topological polar surface area (TPSA) is 61.4 Å². The molecule has 0 atom stereocenters. The first kappa shape index (κ1) is 11.9. The minimum Gasteiger partial charge on any atom is -0.388 e. The van der Waals surface area contributed by atoms with Crippen molar-refractivity contribution in [3.8, 4) is 0 Å². The highest BCUT2D eigenvalue weighted by Crippen LogP contribution is 2.28. The van der Waals surface area contributed by atoms with E-state index in [0.29, 0.717) is 19.0 Å². The molecule has 3 N–H and O–H groups in total. The highest BCUT2D eigenvalue weighted by molar-refractivity contribution is 5.76. The van der Waals surface area contributed by atoms with E-state index in [0.717, 1.165) is 32.2 Å². The minimum absolute atomic E-state index is 0.0495. The number of nitrogens with one attached hydrogen (secondary N) is 2. The summed E-state index contributed by atoms with van der Waals surface area (Å²) in [5.41, 5.74) is -0.625. The molecule has 16 heavy (non-hydrogen) atoms. The maximum absolute atomic E-state index is 11.5. The van der Waals surface area contributed by atoms with Gasteiger partial charge in [-0.05, 0) is 25.7 Å². The van der Waals surface area contributed by atoms with Crippen LogP contribution in [-0.2, 0) is 4.79 Å². The van der Waals surface area contributed by atoms with Gasteiger partial charge < -0.3 is 15.7 Å². The molecule has 2 rings (SSSR count). The number of hydrogen-bond donors (Lipinski definition) is 3. The van der Waals surface area contributed by atoms with Crippen molar-refractivity contribution in [2.24, 2.45) is 0 Å². The molecule has 0 aliphatic heterocycles. The van der Waals surface area contributed by atoms with Crippen LogP contribution in [0.5, 0.6) is 0 Å². The van der Waals surface area contributed by atoms with Gasteiger partial charge in [0.25, 0.3) is 0 Å². The predicted molar refractivity (Wildman–Crippen MR) is 62.1 cm³/mol. The van der Waals surface area contributed by atoms with Gasteiger partial charge >= 0.3 is 0 Å². The van der Waals surface area contributed by atoms with Crippen LogP contribution in [0.15, 0.2) is 0 Å². The number of carbonyl (C=O) groups is 1. The highest BCUT2D eigenvalue weighted by Gasteiger charge is 2.31. The largest absolute Gasteiger partial charge is 0.388 e. The van der Waals surface area contributed by atoms with Crippen LogP contribution in [0.2, 0.25) is 0 Å². The van der Waals surface area contributed by atoms with E-state index in [1.165, 1.54) is 12.8 Å². The average Bonchev–Trinajstić information content (AvgIpc) is 2.98. The Hall–Kier alpha value is -0.610. The number of aliphatic hydroxyl groups is 1. The summed E-state index contributed by atoms with van der Waals surface area (Å²) in [5.74, 6) is 0.0495. The predicted octanol–water partition coefficient (Wildman–Crippen LogP) is 0.550. The van der Waals surface area contributed by atoms with Crippen LogP contribution in [0, 0.1) is 0 Å². The van der Waals surface area contributed by atoms with Crippen molar-refractivity contribution in [1.82, 2.24) is 10.6 Å². The minimum atomic E-state index is -0.625. The number of hydrogen-bond acceptors (Lipinski definition) is 3. The van der Waals surface area contributed by atoms with Gasteiger partial charge in [0, 0.05) is 25.6 Å². The second-order valence-corrected chi connectivity index (χ2v) is 5.19. The van der Waals surface area contributed by atoms with E-state index in [9.17, 15) is 9.90 Å². The van der Waals surface area contributed by atoms with Gasteiger partial charge in [0.05, 0.1) is 5.60 Å². The Kier molecular flexibility index (Phi) is 3.82. The molecule has 0 saturated heterocycles.